The van der Waals surface area contributed by atoms with E-state index in [0.29, 0.717) is 24.5 Å². The van der Waals surface area contributed by atoms with Crippen LogP contribution in [0.25, 0.3) is 0 Å². The van der Waals surface area contributed by atoms with Crippen LogP contribution in [-0.2, 0) is 16.0 Å². The van der Waals surface area contributed by atoms with Crippen LogP contribution in [0.2, 0.25) is 0 Å². The Labute approximate surface area is 122 Å². The highest BCUT2D eigenvalue weighted by molar-refractivity contribution is 7.14. The Morgan fingerprint density at radius 2 is 1.80 bits per heavy atom. The van der Waals surface area contributed by atoms with Crippen molar-refractivity contribution in [3.05, 3.63) is 21.9 Å². The van der Waals surface area contributed by atoms with Gasteiger partial charge in [0, 0.05) is 24.5 Å². The van der Waals surface area contributed by atoms with E-state index in [-0.39, 0.29) is 12.3 Å². The van der Waals surface area contributed by atoms with Crippen molar-refractivity contribution in [1.29, 1.82) is 0 Å². The van der Waals surface area contributed by atoms with E-state index in [2.05, 4.69) is 0 Å². The molecule has 5 nitrogen and oxygen atoms in total. The first kappa shape index (κ1) is 14.7. The zero-order valence-electron chi connectivity index (χ0n) is 11.7. The molecule has 0 N–H and O–H groups in total. The molecule has 2 heterocycles. The topological polar surface area (TPSA) is 57.7 Å². The zero-order chi connectivity index (χ0) is 14.7. The van der Waals surface area contributed by atoms with Crippen LogP contribution in [0.1, 0.15) is 28.4 Å². The number of likely N-dealkylation sites (N-methyl/N-ethyl adjacent to an activating group) is 1. The summed E-state index contributed by atoms with van der Waals surface area (Å²) in [6, 6.07) is 3.72. The average molecular weight is 294 g/mol. The maximum Gasteiger partial charge on any atom is 0.312 e. The molecule has 0 saturated carbocycles. The Kier molecular flexibility index (Phi) is 4.54. The van der Waals surface area contributed by atoms with Crippen molar-refractivity contribution >= 4 is 28.9 Å². The van der Waals surface area contributed by atoms with Gasteiger partial charge in [-0.05, 0) is 25.5 Å². The second-order valence-electron chi connectivity index (χ2n) is 4.65. The second-order valence-corrected chi connectivity index (χ2v) is 5.82. The third kappa shape index (κ3) is 2.90. The quantitative estimate of drug-likeness (QED) is 0.605. The maximum atomic E-state index is 12.1. The molecule has 2 amide bonds. The number of ketones is 1. The smallest absolute Gasteiger partial charge is 0.312 e. The predicted molar refractivity (Wildman–Crippen MR) is 76.9 cm³/mol. The van der Waals surface area contributed by atoms with Crippen molar-refractivity contribution in [2.24, 2.45) is 0 Å². The van der Waals surface area contributed by atoms with E-state index < -0.39 is 11.8 Å². The molecular formula is C14H18N2O3S. The van der Waals surface area contributed by atoms with Crippen LogP contribution in [0.3, 0.4) is 0 Å². The summed E-state index contributed by atoms with van der Waals surface area (Å²) in [5.41, 5.74) is 0. The van der Waals surface area contributed by atoms with Crippen molar-refractivity contribution in [2.75, 3.05) is 26.2 Å². The third-order valence-corrected chi connectivity index (χ3v) is 4.67. The molecule has 0 spiro atoms. The molecule has 6 heteroatoms. The van der Waals surface area contributed by atoms with Crippen LogP contribution in [0.5, 0.6) is 0 Å². The van der Waals surface area contributed by atoms with Gasteiger partial charge in [-0.2, -0.15) is 0 Å². The number of carbonyl (C=O) groups is 3. The molecule has 0 bridgehead atoms. The summed E-state index contributed by atoms with van der Waals surface area (Å²) < 4.78 is 0. The first-order valence-electron chi connectivity index (χ1n) is 6.76. The van der Waals surface area contributed by atoms with E-state index in [1.807, 2.05) is 19.9 Å². The van der Waals surface area contributed by atoms with Gasteiger partial charge in [-0.3, -0.25) is 14.4 Å². The number of thiophene rings is 1. The van der Waals surface area contributed by atoms with Crippen LogP contribution in [-0.4, -0.2) is 53.6 Å². The Balaban J connectivity index is 2.01. The molecule has 0 atom stereocenters. The third-order valence-electron chi connectivity index (χ3n) is 3.40. The molecular weight excluding hydrogens is 276 g/mol. The average Bonchev–Trinajstić information content (AvgIpc) is 2.93. The summed E-state index contributed by atoms with van der Waals surface area (Å²) in [6.07, 6.45) is 0.893. The maximum absolute atomic E-state index is 12.1. The zero-order valence-corrected chi connectivity index (χ0v) is 12.5. The van der Waals surface area contributed by atoms with Crippen molar-refractivity contribution < 1.29 is 14.4 Å². The van der Waals surface area contributed by atoms with Gasteiger partial charge in [-0.1, -0.05) is 6.92 Å². The highest BCUT2D eigenvalue weighted by Crippen LogP contribution is 2.18. The normalized spacial score (nSPS) is 15.9. The number of Topliss-reactive ketones (excluding diaryl/α,β-unsaturated/α-hetero) is 1. The summed E-state index contributed by atoms with van der Waals surface area (Å²) in [5, 5.41) is 0. The monoisotopic (exact) mass is 294 g/mol. The highest BCUT2D eigenvalue weighted by Gasteiger charge is 2.32. The molecule has 1 aromatic heterocycles. The van der Waals surface area contributed by atoms with E-state index in [1.54, 1.807) is 6.07 Å². The molecule has 0 unspecified atom stereocenters. The van der Waals surface area contributed by atoms with Crippen LogP contribution in [0, 0.1) is 0 Å². The van der Waals surface area contributed by atoms with Crippen molar-refractivity contribution in [1.82, 2.24) is 9.80 Å². The van der Waals surface area contributed by atoms with E-state index in [1.165, 1.54) is 21.1 Å². The number of hydrogen-bond donors (Lipinski definition) is 0. The van der Waals surface area contributed by atoms with Crippen LogP contribution in [0.4, 0.5) is 0 Å². The number of carbonyl (C=O) groups excluding carboxylic acids is 3. The molecule has 20 heavy (non-hydrogen) atoms. The van der Waals surface area contributed by atoms with Crippen molar-refractivity contribution in [2.45, 2.75) is 20.3 Å². The fourth-order valence-electron chi connectivity index (χ4n) is 2.14. The molecule has 1 aliphatic heterocycles. The molecule has 1 fully saturated rings. The Bertz CT molecular complexity index is 538. The van der Waals surface area contributed by atoms with Gasteiger partial charge >= 0.3 is 11.8 Å². The van der Waals surface area contributed by atoms with Gasteiger partial charge in [-0.15, -0.1) is 11.3 Å². The Hall–Kier alpha value is -1.69. The first-order valence-corrected chi connectivity index (χ1v) is 7.58. The van der Waals surface area contributed by atoms with Crippen molar-refractivity contribution in [3.8, 4) is 0 Å². The van der Waals surface area contributed by atoms with E-state index >= 15 is 0 Å². The van der Waals surface area contributed by atoms with Crippen LogP contribution >= 0.6 is 11.3 Å². The summed E-state index contributed by atoms with van der Waals surface area (Å²) in [5.74, 6) is -1.17. The number of piperazine rings is 1. The molecule has 1 aromatic rings. The van der Waals surface area contributed by atoms with E-state index in [4.69, 9.17) is 0 Å². The second kappa shape index (κ2) is 6.17. The van der Waals surface area contributed by atoms with Crippen LogP contribution in [0.15, 0.2) is 12.1 Å². The number of nitrogens with zero attached hydrogens (tertiary/aromatic N) is 2. The number of rotatable bonds is 5. The SMILES string of the molecule is CCc1ccc(C(=O)CN2CCN(CC)C(=O)C2=O)s1. The lowest BCUT2D eigenvalue weighted by Crippen LogP contribution is -2.55. The largest absolute Gasteiger partial charge is 0.333 e. The van der Waals surface area contributed by atoms with Crippen LogP contribution < -0.4 is 0 Å². The van der Waals surface area contributed by atoms with Gasteiger partial charge in [0.15, 0.2) is 5.78 Å². The minimum absolute atomic E-state index is 0.00814. The lowest BCUT2D eigenvalue weighted by Gasteiger charge is -2.32. The number of hydrogen-bond acceptors (Lipinski definition) is 4. The molecule has 0 aliphatic carbocycles. The van der Waals surface area contributed by atoms with Gasteiger partial charge in [0.25, 0.3) is 0 Å². The molecule has 0 aromatic carbocycles. The minimum Gasteiger partial charge on any atom is -0.333 e. The first-order chi connectivity index (χ1) is 9.56. The van der Waals surface area contributed by atoms with Gasteiger partial charge in [-0.25, -0.2) is 0 Å². The van der Waals surface area contributed by atoms with Gasteiger partial charge in [0.2, 0.25) is 0 Å². The van der Waals surface area contributed by atoms with Crippen molar-refractivity contribution in [3.63, 3.8) is 0 Å². The Morgan fingerprint density at radius 3 is 2.40 bits per heavy atom. The molecule has 1 aliphatic rings. The molecule has 2 rings (SSSR count). The molecule has 1 saturated heterocycles. The summed E-state index contributed by atoms with van der Waals surface area (Å²) in [6.45, 7) is 5.31. The molecule has 0 radical (unpaired) electrons. The minimum atomic E-state index is -0.571. The summed E-state index contributed by atoms with van der Waals surface area (Å²) in [7, 11) is 0. The fraction of sp³-hybridized carbons (Fsp3) is 0.500. The van der Waals surface area contributed by atoms with Gasteiger partial charge < -0.3 is 9.80 Å². The fourth-order valence-corrected chi connectivity index (χ4v) is 3.01. The predicted octanol–water partition coefficient (Wildman–Crippen LogP) is 1.18. The number of amides is 2. The molecule has 108 valence electrons. The Morgan fingerprint density at radius 1 is 1.15 bits per heavy atom. The summed E-state index contributed by atoms with van der Waals surface area (Å²) in [4.78, 5) is 40.5. The lowest BCUT2D eigenvalue weighted by molar-refractivity contribution is -0.155. The lowest BCUT2D eigenvalue weighted by atomic mass is 10.2. The van der Waals surface area contributed by atoms with E-state index in [9.17, 15) is 14.4 Å². The summed E-state index contributed by atoms with van der Waals surface area (Å²) >= 11 is 1.45. The van der Waals surface area contributed by atoms with Gasteiger partial charge in [0.05, 0.1) is 11.4 Å². The number of aryl methyl sites for hydroxylation is 1. The highest BCUT2D eigenvalue weighted by atomic mass is 32.1. The van der Waals surface area contributed by atoms with E-state index in [0.717, 1.165) is 11.3 Å². The van der Waals surface area contributed by atoms with Gasteiger partial charge in [0.1, 0.15) is 0 Å². The standard InChI is InChI=1S/C14H18N2O3S/c1-3-10-5-6-12(20-10)11(17)9-16-8-7-15(4-2)13(18)14(16)19/h5-6H,3-4,7-9H2,1-2H3.